The molecule has 27 heavy (non-hydrogen) atoms. The van der Waals surface area contributed by atoms with Gasteiger partial charge in [0.25, 0.3) is 0 Å². The molecule has 2 rings (SSSR count). The molecular formula is C19H13F5O3. The van der Waals surface area contributed by atoms with Crippen LogP contribution in [-0.4, -0.2) is 30.5 Å². The minimum absolute atomic E-state index is 0.230. The van der Waals surface area contributed by atoms with Gasteiger partial charge in [-0.25, -0.2) is 4.79 Å². The van der Waals surface area contributed by atoms with Crippen LogP contribution in [0.5, 0.6) is 0 Å². The first kappa shape index (κ1) is 20.3. The van der Waals surface area contributed by atoms with Crippen LogP contribution in [0.15, 0.2) is 60.7 Å². The van der Waals surface area contributed by atoms with Crippen LogP contribution in [0.25, 0.3) is 6.08 Å². The molecule has 0 aromatic heterocycles. The van der Waals surface area contributed by atoms with Gasteiger partial charge in [-0.3, -0.25) is 4.79 Å². The van der Waals surface area contributed by atoms with Gasteiger partial charge in [0.1, 0.15) is 0 Å². The highest BCUT2D eigenvalue weighted by Crippen LogP contribution is 2.35. The molecule has 0 heterocycles. The number of alkyl halides is 5. The van der Waals surface area contributed by atoms with Crippen molar-refractivity contribution in [2.75, 3.05) is 6.61 Å². The molecule has 0 saturated carbocycles. The van der Waals surface area contributed by atoms with E-state index in [9.17, 15) is 31.5 Å². The molecule has 0 N–H and O–H groups in total. The molecule has 142 valence electrons. The van der Waals surface area contributed by atoms with Crippen molar-refractivity contribution in [3.8, 4) is 0 Å². The highest BCUT2D eigenvalue weighted by molar-refractivity contribution is 6.11. The molecule has 2 aromatic rings. The number of hydrogen-bond acceptors (Lipinski definition) is 3. The van der Waals surface area contributed by atoms with E-state index in [-0.39, 0.29) is 16.9 Å². The number of rotatable bonds is 6. The van der Waals surface area contributed by atoms with E-state index >= 15 is 0 Å². The predicted molar refractivity (Wildman–Crippen MR) is 87.3 cm³/mol. The molecule has 8 heteroatoms. The summed E-state index contributed by atoms with van der Waals surface area (Å²) in [5, 5.41) is 0. The largest absolute Gasteiger partial charge is 0.456 e. The Bertz CT molecular complexity index is 842. The molecule has 0 amide bonds. The summed E-state index contributed by atoms with van der Waals surface area (Å²) in [5.41, 5.74) is 0.907. The molecule has 0 aliphatic heterocycles. The van der Waals surface area contributed by atoms with E-state index in [4.69, 9.17) is 0 Å². The fourth-order valence-electron chi connectivity index (χ4n) is 2.04. The van der Waals surface area contributed by atoms with Crippen molar-refractivity contribution in [1.29, 1.82) is 0 Å². The van der Waals surface area contributed by atoms with Gasteiger partial charge in [0.05, 0.1) is 0 Å². The fraction of sp³-hybridized carbons (Fsp3) is 0.158. The minimum atomic E-state index is -5.81. The summed E-state index contributed by atoms with van der Waals surface area (Å²) in [4.78, 5) is 24.0. The van der Waals surface area contributed by atoms with Crippen molar-refractivity contribution in [3.63, 3.8) is 0 Å². The first-order valence-corrected chi connectivity index (χ1v) is 7.60. The Morgan fingerprint density at radius 2 is 1.48 bits per heavy atom. The van der Waals surface area contributed by atoms with Gasteiger partial charge in [-0.1, -0.05) is 54.6 Å². The molecule has 0 saturated heterocycles. The van der Waals surface area contributed by atoms with Gasteiger partial charge in [-0.05, 0) is 11.6 Å². The van der Waals surface area contributed by atoms with Gasteiger partial charge in [0, 0.05) is 17.2 Å². The Labute approximate surface area is 151 Å². The van der Waals surface area contributed by atoms with Gasteiger partial charge in [-0.15, -0.1) is 0 Å². The molecule has 0 unspecified atom stereocenters. The molecule has 0 aliphatic carbocycles. The van der Waals surface area contributed by atoms with E-state index in [0.717, 1.165) is 6.08 Å². The molecule has 3 nitrogen and oxygen atoms in total. The van der Waals surface area contributed by atoms with Crippen LogP contribution in [0, 0.1) is 0 Å². The number of benzene rings is 2. The molecule has 0 radical (unpaired) electrons. The zero-order valence-corrected chi connectivity index (χ0v) is 13.7. The van der Waals surface area contributed by atoms with Crippen molar-refractivity contribution in [2.24, 2.45) is 0 Å². The maximum Gasteiger partial charge on any atom is 0.456 e. The average molecular weight is 384 g/mol. The third kappa shape index (κ3) is 5.22. The fourth-order valence-corrected chi connectivity index (χ4v) is 2.04. The summed E-state index contributed by atoms with van der Waals surface area (Å²) in [7, 11) is 0. The highest BCUT2D eigenvalue weighted by Gasteiger charge is 2.58. The predicted octanol–water partition coefficient (Wildman–Crippen LogP) is 4.67. The number of esters is 1. The van der Waals surface area contributed by atoms with Crippen LogP contribution in [0.4, 0.5) is 22.0 Å². The van der Waals surface area contributed by atoms with Crippen LogP contribution in [0.2, 0.25) is 0 Å². The zero-order chi connectivity index (χ0) is 20.1. The Kier molecular flexibility index (Phi) is 6.09. The first-order chi connectivity index (χ1) is 12.6. The van der Waals surface area contributed by atoms with Crippen molar-refractivity contribution in [3.05, 3.63) is 77.4 Å². The lowest BCUT2D eigenvalue weighted by Crippen LogP contribution is -2.41. The summed E-state index contributed by atoms with van der Waals surface area (Å²) in [6.45, 7) is -2.12. The quantitative estimate of drug-likeness (QED) is 0.315. The van der Waals surface area contributed by atoms with Crippen LogP contribution in [0.3, 0.4) is 0 Å². The Hall–Kier alpha value is -3.03. The smallest absolute Gasteiger partial charge is 0.456 e. The van der Waals surface area contributed by atoms with Gasteiger partial charge >= 0.3 is 18.1 Å². The summed E-state index contributed by atoms with van der Waals surface area (Å²) in [5.74, 6) is -6.87. The van der Waals surface area contributed by atoms with Gasteiger partial charge in [0.15, 0.2) is 12.4 Å². The topological polar surface area (TPSA) is 43.4 Å². The Morgan fingerprint density at radius 1 is 0.889 bits per heavy atom. The van der Waals surface area contributed by atoms with Gasteiger partial charge < -0.3 is 4.74 Å². The summed E-state index contributed by atoms with van der Waals surface area (Å²) >= 11 is 0. The second-order valence-electron chi connectivity index (χ2n) is 5.43. The van der Waals surface area contributed by atoms with Gasteiger partial charge in [-0.2, -0.15) is 22.0 Å². The molecule has 0 bridgehead atoms. The standard InChI is InChI=1S/C19H13F5O3/c20-18(21,19(22,23)24)12-27-16(25)11-10-13-6-4-5-9-15(13)17(26)14-7-2-1-3-8-14/h1-11H,12H2/b11-10+. The van der Waals surface area contributed by atoms with Crippen LogP contribution in [-0.2, 0) is 9.53 Å². The van der Waals surface area contributed by atoms with Crippen molar-refractivity contribution in [2.45, 2.75) is 12.1 Å². The third-order valence-corrected chi connectivity index (χ3v) is 3.45. The minimum Gasteiger partial charge on any atom is -0.456 e. The lowest BCUT2D eigenvalue weighted by Gasteiger charge is -2.18. The third-order valence-electron chi connectivity index (χ3n) is 3.45. The van der Waals surface area contributed by atoms with Crippen molar-refractivity contribution >= 4 is 17.8 Å². The number of ether oxygens (including phenoxy) is 1. The zero-order valence-electron chi connectivity index (χ0n) is 13.7. The number of halogens is 5. The second-order valence-corrected chi connectivity index (χ2v) is 5.43. The molecule has 0 aliphatic rings. The normalized spacial score (nSPS) is 12.2. The molecule has 0 fully saturated rings. The maximum absolute atomic E-state index is 12.7. The lowest BCUT2D eigenvalue weighted by molar-refractivity contribution is -0.293. The second kappa shape index (κ2) is 8.11. The van der Waals surface area contributed by atoms with E-state index in [2.05, 4.69) is 4.74 Å². The first-order valence-electron chi connectivity index (χ1n) is 7.60. The SMILES string of the molecule is O=C(/C=C/c1ccccc1C(=O)c1ccccc1)OCC(F)(F)C(F)(F)F. The van der Waals surface area contributed by atoms with Crippen LogP contribution in [0.1, 0.15) is 21.5 Å². The van der Waals surface area contributed by atoms with Crippen molar-refractivity contribution in [1.82, 2.24) is 0 Å². The van der Waals surface area contributed by atoms with E-state index in [1.54, 1.807) is 42.5 Å². The van der Waals surface area contributed by atoms with E-state index < -0.39 is 24.7 Å². The number of hydrogen-bond donors (Lipinski definition) is 0. The molecule has 0 spiro atoms. The summed E-state index contributed by atoms with van der Waals surface area (Å²) in [6, 6.07) is 14.4. The summed E-state index contributed by atoms with van der Waals surface area (Å²) in [6.07, 6.45) is -4.01. The van der Waals surface area contributed by atoms with E-state index in [1.807, 2.05) is 0 Å². The van der Waals surface area contributed by atoms with E-state index in [0.29, 0.717) is 11.6 Å². The monoisotopic (exact) mass is 384 g/mol. The number of carbonyl (C=O) groups excluding carboxylic acids is 2. The number of ketones is 1. The Balaban J connectivity index is 2.12. The molecule has 0 atom stereocenters. The molecular weight excluding hydrogens is 371 g/mol. The molecule has 2 aromatic carbocycles. The number of carbonyl (C=O) groups is 2. The van der Waals surface area contributed by atoms with Crippen LogP contribution < -0.4 is 0 Å². The average Bonchev–Trinajstić information content (AvgIpc) is 2.64. The lowest BCUT2D eigenvalue weighted by atomic mass is 9.98. The van der Waals surface area contributed by atoms with E-state index in [1.165, 1.54) is 12.1 Å². The maximum atomic E-state index is 12.7. The van der Waals surface area contributed by atoms with Gasteiger partial charge in [0.2, 0.25) is 0 Å². The summed E-state index contributed by atoms with van der Waals surface area (Å²) < 4.78 is 65.6. The Morgan fingerprint density at radius 3 is 2.11 bits per heavy atom. The highest BCUT2D eigenvalue weighted by atomic mass is 19.4. The van der Waals surface area contributed by atoms with Crippen molar-refractivity contribution < 1.29 is 36.3 Å². The van der Waals surface area contributed by atoms with Crippen LogP contribution >= 0.6 is 0 Å².